The minimum absolute atomic E-state index is 0.000392. The first kappa shape index (κ1) is 15.1. The van der Waals surface area contributed by atoms with E-state index in [1.807, 2.05) is 24.3 Å². The van der Waals surface area contributed by atoms with E-state index in [-0.39, 0.29) is 5.56 Å². The maximum atomic E-state index is 11.9. The molecule has 0 unspecified atom stereocenters. The van der Waals surface area contributed by atoms with E-state index < -0.39 is 0 Å². The lowest BCUT2D eigenvalue weighted by Crippen LogP contribution is -2.18. The molecule has 1 heterocycles. The third-order valence-electron chi connectivity index (χ3n) is 3.84. The molecular weight excluding hydrogens is 286 g/mol. The second-order valence-corrected chi connectivity index (χ2v) is 5.57. The van der Waals surface area contributed by atoms with E-state index in [4.69, 9.17) is 4.74 Å². The average Bonchev–Trinajstić information content (AvgIpc) is 2.57. The molecule has 2 aromatic carbocycles. The largest absolute Gasteiger partial charge is 0.496 e. The van der Waals surface area contributed by atoms with Gasteiger partial charge in [-0.2, -0.15) is 0 Å². The van der Waals surface area contributed by atoms with Gasteiger partial charge in [-0.05, 0) is 36.2 Å². The molecule has 0 aliphatic rings. The Morgan fingerprint density at radius 3 is 2.61 bits per heavy atom. The van der Waals surface area contributed by atoms with E-state index in [9.17, 15) is 4.79 Å². The van der Waals surface area contributed by atoms with E-state index in [0.717, 1.165) is 22.4 Å². The van der Waals surface area contributed by atoms with Crippen LogP contribution in [0.15, 0.2) is 71.7 Å². The Balaban J connectivity index is 2.03. The first-order valence-electron chi connectivity index (χ1n) is 7.57. The van der Waals surface area contributed by atoms with Crippen LogP contribution in [-0.2, 0) is 6.54 Å². The molecule has 23 heavy (non-hydrogen) atoms. The summed E-state index contributed by atoms with van der Waals surface area (Å²) < 4.78 is 7.20. The van der Waals surface area contributed by atoms with Gasteiger partial charge in [-0.3, -0.25) is 4.79 Å². The van der Waals surface area contributed by atoms with Crippen LogP contribution in [0.25, 0.3) is 11.1 Å². The van der Waals surface area contributed by atoms with E-state index in [2.05, 4.69) is 31.2 Å². The van der Waals surface area contributed by atoms with Crippen molar-refractivity contribution in [3.05, 3.63) is 88.3 Å². The van der Waals surface area contributed by atoms with Crippen molar-refractivity contribution in [1.82, 2.24) is 4.57 Å². The molecule has 3 rings (SSSR count). The number of aryl methyl sites for hydroxylation is 1. The highest BCUT2D eigenvalue weighted by molar-refractivity contribution is 5.71. The molecule has 0 bridgehead atoms. The van der Waals surface area contributed by atoms with Crippen molar-refractivity contribution < 1.29 is 4.74 Å². The maximum Gasteiger partial charge on any atom is 0.250 e. The number of benzene rings is 2. The van der Waals surface area contributed by atoms with Crippen LogP contribution in [0.5, 0.6) is 5.75 Å². The highest BCUT2D eigenvalue weighted by Gasteiger charge is 2.08. The Kier molecular flexibility index (Phi) is 4.29. The van der Waals surface area contributed by atoms with Gasteiger partial charge in [0.2, 0.25) is 0 Å². The van der Waals surface area contributed by atoms with Gasteiger partial charge in [-0.25, -0.2) is 0 Å². The molecule has 0 aliphatic carbocycles. The topological polar surface area (TPSA) is 31.2 Å². The van der Waals surface area contributed by atoms with E-state index in [0.29, 0.717) is 6.54 Å². The van der Waals surface area contributed by atoms with Crippen molar-refractivity contribution >= 4 is 0 Å². The zero-order chi connectivity index (χ0) is 16.2. The molecule has 0 spiro atoms. The lowest BCUT2D eigenvalue weighted by atomic mass is 10.00. The van der Waals surface area contributed by atoms with Crippen molar-refractivity contribution in [3.63, 3.8) is 0 Å². The monoisotopic (exact) mass is 305 g/mol. The fraction of sp³-hybridized carbons (Fsp3) is 0.150. The van der Waals surface area contributed by atoms with Crippen molar-refractivity contribution in [2.75, 3.05) is 7.11 Å². The zero-order valence-corrected chi connectivity index (χ0v) is 13.3. The molecule has 3 heteroatoms. The van der Waals surface area contributed by atoms with Crippen molar-refractivity contribution in [2.45, 2.75) is 13.5 Å². The lowest BCUT2D eigenvalue weighted by Gasteiger charge is -2.12. The number of ether oxygens (including phenoxy) is 1. The summed E-state index contributed by atoms with van der Waals surface area (Å²) >= 11 is 0. The fourth-order valence-electron chi connectivity index (χ4n) is 2.68. The quantitative estimate of drug-likeness (QED) is 0.732. The standard InChI is InChI=1S/C20H19NO2/c1-15-6-5-7-17(12-15)18-13-16(9-10-19(18)23-2)14-21-11-4-3-8-20(21)22/h3-13H,14H2,1-2H3. The molecule has 3 nitrogen and oxygen atoms in total. The highest BCUT2D eigenvalue weighted by atomic mass is 16.5. The van der Waals surface area contributed by atoms with Crippen molar-refractivity contribution in [3.8, 4) is 16.9 Å². The molecule has 3 aromatic rings. The second-order valence-electron chi connectivity index (χ2n) is 5.57. The number of hydrogen-bond acceptors (Lipinski definition) is 2. The SMILES string of the molecule is COc1ccc(Cn2ccccc2=O)cc1-c1cccc(C)c1. The minimum atomic E-state index is 0.000392. The van der Waals surface area contributed by atoms with Gasteiger partial charge < -0.3 is 9.30 Å². The summed E-state index contributed by atoms with van der Waals surface area (Å²) in [7, 11) is 1.68. The summed E-state index contributed by atoms with van der Waals surface area (Å²) in [6.07, 6.45) is 1.80. The van der Waals surface area contributed by atoms with Crippen molar-refractivity contribution in [1.29, 1.82) is 0 Å². The molecule has 0 atom stereocenters. The third kappa shape index (κ3) is 3.34. The highest BCUT2D eigenvalue weighted by Crippen LogP contribution is 2.31. The summed E-state index contributed by atoms with van der Waals surface area (Å²) in [5.41, 5.74) is 4.42. The molecular formula is C20H19NO2. The number of methoxy groups -OCH3 is 1. The summed E-state index contributed by atoms with van der Waals surface area (Å²) in [4.78, 5) is 11.9. The second kappa shape index (κ2) is 6.53. The summed E-state index contributed by atoms with van der Waals surface area (Å²) in [6, 6.07) is 19.6. The Morgan fingerprint density at radius 1 is 1.00 bits per heavy atom. The van der Waals surface area contributed by atoms with Crippen LogP contribution in [0.3, 0.4) is 0 Å². The maximum absolute atomic E-state index is 11.9. The first-order chi connectivity index (χ1) is 11.2. The zero-order valence-electron chi connectivity index (χ0n) is 13.3. The smallest absolute Gasteiger partial charge is 0.250 e. The normalized spacial score (nSPS) is 10.5. The fourth-order valence-corrected chi connectivity index (χ4v) is 2.68. The predicted molar refractivity (Wildman–Crippen MR) is 93.0 cm³/mol. The Bertz CT molecular complexity index is 881. The minimum Gasteiger partial charge on any atom is -0.496 e. The van der Waals surface area contributed by atoms with Gasteiger partial charge in [0.1, 0.15) is 5.75 Å². The van der Waals surface area contributed by atoms with E-state index in [1.54, 1.807) is 30.0 Å². The molecule has 0 saturated carbocycles. The molecule has 0 amide bonds. The van der Waals surface area contributed by atoms with Gasteiger partial charge in [0.05, 0.1) is 13.7 Å². The number of aromatic nitrogens is 1. The average molecular weight is 305 g/mol. The summed E-state index contributed by atoms with van der Waals surface area (Å²) in [5.74, 6) is 0.833. The Hall–Kier alpha value is -2.81. The molecule has 0 saturated heterocycles. The first-order valence-corrected chi connectivity index (χ1v) is 7.57. The van der Waals surface area contributed by atoms with Gasteiger partial charge in [-0.15, -0.1) is 0 Å². The summed E-state index contributed by atoms with van der Waals surface area (Å²) in [6.45, 7) is 2.62. The van der Waals surface area contributed by atoms with Gasteiger partial charge >= 0.3 is 0 Å². The Morgan fingerprint density at radius 2 is 1.87 bits per heavy atom. The molecule has 0 radical (unpaired) electrons. The molecule has 0 fully saturated rings. The molecule has 0 N–H and O–H groups in total. The van der Waals surface area contributed by atoms with Gasteiger partial charge in [0, 0.05) is 17.8 Å². The van der Waals surface area contributed by atoms with Gasteiger partial charge in [-0.1, -0.05) is 42.0 Å². The van der Waals surface area contributed by atoms with Crippen LogP contribution in [0.4, 0.5) is 0 Å². The van der Waals surface area contributed by atoms with E-state index >= 15 is 0 Å². The number of hydrogen-bond donors (Lipinski definition) is 0. The number of nitrogens with zero attached hydrogens (tertiary/aromatic N) is 1. The van der Waals surface area contributed by atoms with Gasteiger partial charge in [0.15, 0.2) is 0 Å². The van der Waals surface area contributed by atoms with Gasteiger partial charge in [0.25, 0.3) is 5.56 Å². The van der Waals surface area contributed by atoms with Crippen LogP contribution in [0, 0.1) is 6.92 Å². The molecule has 116 valence electrons. The van der Waals surface area contributed by atoms with E-state index in [1.165, 1.54) is 5.56 Å². The van der Waals surface area contributed by atoms with Crippen LogP contribution < -0.4 is 10.3 Å². The van der Waals surface area contributed by atoms with Crippen LogP contribution in [0.2, 0.25) is 0 Å². The number of rotatable bonds is 4. The third-order valence-corrected chi connectivity index (χ3v) is 3.84. The summed E-state index contributed by atoms with van der Waals surface area (Å²) in [5, 5.41) is 0. The number of pyridine rings is 1. The van der Waals surface area contributed by atoms with Crippen LogP contribution >= 0.6 is 0 Å². The lowest BCUT2D eigenvalue weighted by molar-refractivity contribution is 0.416. The van der Waals surface area contributed by atoms with Crippen LogP contribution in [-0.4, -0.2) is 11.7 Å². The van der Waals surface area contributed by atoms with Crippen LogP contribution in [0.1, 0.15) is 11.1 Å². The van der Waals surface area contributed by atoms with Crippen molar-refractivity contribution in [2.24, 2.45) is 0 Å². The molecule has 0 aliphatic heterocycles. The Labute approximate surface area is 135 Å². The molecule has 1 aromatic heterocycles. The predicted octanol–water partition coefficient (Wildman–Crippen LogP) is 3.88.